The number of piperidine rings is 1. The van der Waals surface area contributed by atoms with Crippen molar-refractivity contribution in [1.29, 1.82) is 0 Å². The average molecular weight is 340 g/mol. The van der Waals surface area contributed by atoms with Crippen LogP contribution in [0.15, 0.2) is 16.7 Å². The highest BCUT2D eigenvalue weighted by atomic mass is 79.9. The molecular formula is C14H18BrN3O2. The fourth-order valence-corrected chi connectivity index (χ4v) is 3.71. The molecule has 0 radical (unpaired) electrons. The lowest BCUT2D eigenvalue weighted by molar-refractivity contribution is -0.119. The highest BCUT2D eigenvalue weighted by Gasteiger charge is 2.41. The highest BCUT2D eigenvalue weighted by molar-refractivity contribution is 9.10. The number of nitrogens with one attached hydrogen (secondary N) is 1. The molecule has 0 saturated carbocycles. The topological polar surface area (TPSA) is 54.3 Å². The number of halogens is 1. The summed E-state index contributed by atoms with van der Waals surface area (Å²) in [7, 11) is 1.88. The van der Waals surface area contributed by atoms with Crippen molar-refractivity contribution in [2.24, 2.45) is 12.5 Å². The van der Waals surface area contributed by atoms with Gasteiger partial charge in [-0.2, -0.15) is 0 Å². The standard InChI is InChI=1S/C14H18BrN3O2/c1-17-8-10(15)6-11(17)13(20)18-4-2-14(3-5-18)7-12(19)16-9-14/h6,8H,2-5,7,9H2,1H3,(H,16,19). The van der Waals surface area contributed by atoms with Gasteiger partial charge in [0.25, 0.3) is 5.91 Å². The fraction of sp³-hybridized carbons (Fsp3) is 0.571. The molecule has 0 unspecified atom stereocenters. The number of aromatic nitrogens is 1. The summed E-state index contributed by atoms with van der Waals surface area (Å²) in [5.74, 6) is 0.224. The number of hydrogen-bond acceptors (Lipinski definition) is 2. The maximum Gasteiger partial charge on any atom is 0.270 e. The van der Waals surface area contributed by atoms with Gasteiger partial charge in [-0.15, -0.1) is 0 Å². The molecule has 0 aliphatic carbocycles. The molecule has 0 atom stereocenters. The lowest BCUT2D eigenvalue weighted by atomic mass is 9.77. The third-order valence-electron chi connectivity index (χ3n) is 4.50. The van der Waals surface area contributed by atoms with Gasteiger partial charge in [0.15, 0.2) is 0 Å². The summed E-state index contributed by atoms with van der Waals surface area (Å²) >= 11 is 3.39. The Labute approximate surface area is 126 Å². The van der Waals surface area contributed by atoms with Crippen LogP contribution in [0.3, 0.4) is 0 Å². The van der Waals surface area contributed by atoms with Crippen LogP contribution in [-0.2, 0) is 11.8 Å². The molecule has 1 spiro atoms. The summed E-state index contributed by atoms with van der Waals surface area (Å²) in [4.78, 5) is 25.8. The molecule has 0 aromatic carbocycles. The molecule has 1 aromatic heterocycles. The predicted molar refractivity (Wildman–Crippen MR) is 78.3 cm³/mol. The second-order valence-corrected chi connectivity index (χ2v) is 6.82. The van der Waals surface area contributed by atoms with Gasteiger partial charge in [-0.1, -0.05) is 0 Å². The number of aryl methyl sites for hydroxylation is 1. The largest absolute Gasteiger partial charge is 0.356 e. The van der Waals surface area contributed by atoms with E-state index in [4.69, 9.17) is 0 Å². The van der Waals surface area contributed by atoms with E-state index < -0.39 is 0 Å². The highest BCUT2D eigenvalue weighted by Crippen LogP contribution is 2.37. The zero-order chi connectivity index (χ0) is 14.3. The van der Waals surface area contributed by atoms with Crippen LogP contribution in [-0.4, -0.2) is 40.9 Å². The van der Waals surface area contributed by atoms with E-state index in [0.717, 1.165) is 36.9 Å². The monoisotopic (exact) mass is 339 g/mol. The minimum atomic E-state index is 0.0744. The summed E-state index contributed by atoms with van der Waals surface area (Å²) in [5.41, 5.74) is 0.788. The van der Waals surface area contributed by atoms with Crippen molar-refractivity contribution < 1.29 is 9.59 Å². The van der Waals surface area contributed by atoms with Crippen molar-refractivity contribution in [2.45, 2.75) is 19.3 Å². The predicted octanol–water partition coefficient (Wildman–Crippen LogP) is 1.53. The molecule has 3 rings (SSSR count). The number of carbonyl (C=O) groups is 2. The van der Waals surface area contributed by atoms with Crippen LogP contribution < -0.4 is 5.32 Å². The zero-order valence-electron chi connectivity index (χ0n) is 11.5. The molecule has 20 heavy (non-hydrogen) atoms. The second kappa shape index (κ2) is 4.91. The van der Waals surface area contributed by atoms with Gasteiger partial charge in [0.2, 0.25) is 5.91 Å². The van der Waals surface area contributed by atoms with Crippen molar-refractivity contribution in [3.63, 3.8) is 0 Å². The maximum absolute atomic E-state index is 12.5. The first-order valence-electron chi connectivity index (χ1n) is 6.87. The van der Waals surface area contributed by atoms with Crippen LogP contribution in [0.1, 0.15) is 29.8 Å². The van der Waals surface area contributed by atoms with Crippen LogP contribution in [0.25, 0.3) is 0 Å². The first-order chi connectivity index (χ1) is 9.49. The number of hydrogen-bond donors (Lipinski definition) is 1. The van der Waals surface area contributed by atoms with Crippen LogP contribution in [0.5, 0.6) is 0 Å². The minimum absolute atomic E-state index is 0.0744. The molecular weight excluding hydrogens is 322 g/mol. The van der Waals surface area contributed by atoms with Crippen molar-refractivity contribution in [3.05, 3.63) is 22.4 Å². The Morgan fingerprint density at radius 2 is 2.10 bits per heavy atom. The normalized spacial score (nSPS) is 21.3. The fourth-order valence-electron chi connectivity index (χ4n) is 3.19. The Hall–Kier alpha value is -1.30. The Morgan fingerprint density at radius 3 is 2.60 bits per heavy atom. The molecule has 108 valence electrons. The number of amides is 2. The number of rotatable bonds is 1. The van der Waals surface area contributed by atoms with Crippen molar-refractivity contribution in [3.8, 4) is 0 Å². The quantitative estimate of drug-likeness (QED) is 0.843. The number of nitrogens with zero attached hydrogens (tertiary/aromatic N) is 2. The summed E-state index contributed by atoms with van der Waals surface area (Å²) in [6, 6.07) is 1.85. The van der Waals surface area contributed by atoms with Crippen LogP contribution in [0.2, 0.25) is 0 Å². The molecule has 1 aromatic rings. The second-order valence-electron chi connectivity index (χ2n) is 5.90. The van der Waals surface area contributed by atoms with E-state index in [1.165, 1.54) is 0 Å². The van der Waals surface area contributed by atoms with Gasteiger partial charge in [-0.25, -0.2) is 0 Å². The van der Waals surface area contributed by atoms with E-state index in [1.54, 1.807) is 0 Å². The van der Waals surface area contributed by atoms with E-state index in [0.29, 0.717) is 12.1 Å². The maximum atomic E-state index is 12.5. The van der Waals surface area contributed by atoms with Crippen LogP contribution in [0, 0.1) is 5.41 Å². The molecule has 5 nitrogen and oxygen atoms in total. The summed E-state index contributed by atoms with van der Waals surface area (Å²) in [5, 5.41) is 2.92. The molecule has 2 aliphatic rings. The molecule has 6 heteroatoms. The van der Waals surface area contributed by atoms with E-state index in [-0.39, 0.29) is 17.2 Å². The Bertz CT molecular complexity index is 559. The molecule has 0 bridgehead atoms. The van der Waals surface area contributed by atoms with E-state index >= 15 is 0 Å². The van der Waals surface area contributed by atoms with Gasteiger partial charge in [0, 0.05) is 43.8 Å². The molecule has 2 aliphatic heterocycles. The number of carbonyl (C=O) groups excluding carboxylic acids is 2. The van der Waals surface area contributed by atoms with Gasteiger partial charge < -0.3 is 14.8 Å². The minimum Gasteiger partial charge on any atom is -0.356 e. The first kappa shape index (κ1) is 13.7. The smallest absolute Gasteiger partial charge is 0.270 e. The molecule has 2 amide bonds. The zero-order valence-corrected chi connectivity index (χ0v) is 13.1. The van der Waals surface area contributed by atoms with E-state index in [9.17, 15) is 9.59 Å². The molecule has 1 N–H and O–H groups in total. The van der Waals surface area contributed by atoms with Crippen LogP contribution in [0.4, 0.5) is 0 Å². The Balaban J connectivity index is 1.68. The van der Waals surface area contributed by atoms with E-state index in [1.807, 2.05) is 28.8 Å². The van der Waals surface area contributed by atoms with Gasteiger partial charge in [-0.3, -0.25) is 9.59 Å². The first-order valence-corrected chi connectivity index (χ1v) is 7.66. The van der Waals surface area contributed by atoms with Crippen molar-refractivity contribution in [2.75, 3.05) is 19.6 Å². The van der Waals surface area contributed by atoms with E-state index in [2.05, 4.69) is 21.2 Å². The summed E-state index contributed by atoms with van der Waals surface area (Å²) < 4.78 is 2.76. The molecule has 2 fully saturated rings. The summed E-state index contributed by atoms with van der Waals surface area (Å²) in [6.45, 7) is 2.23. The van der Waals surface area contributed by atoms with Gasteiger partial charge >= 0.3 is 0 Å². The van der Waals surface area contributed by atoms with Crippen molar-refractivity contribution in [1.82, 2.24) is 14.8 Å². The van der Waals surface area contributed by atoms with Gasteiger partial charge in [0.1, 0.15) is 5.69 Å². The average Bonchev–Trinajstić information content (AvgIpc) is 2.93. The number of likely N-dealkylation sites (tertiary alicyclic amines) is 1. The lowest BCUT2D eigenvalue weighted by Crippen LogP contribution is -2.44. The Kier molecular flexibility index (Phi) is 3.36. The summed E-state index contributed by atoms with van der Waals surface area (Å²) in [6.07, 6.45) is 4.31. The third-order valence-corrected chi connectivity index (χ3v) is 4.93. The van der Waals surface area contributed by atoms with Gasteiger partial charge in [0.05, 0.1) is 0 Å². The van der Waals surface area contributed by atoms with Crippen molar-refractivity contribution >= 4 is 27.7 Å². The third kappa shape index (κ3) is 2.37. The molecule has 3 heterocycles. The lowest BCUT2D eigenvalue weighted by Gasteiger charge is -2.38. The van der Waals surface area contributed by atoms with Gasteiger partial charge in [-0.05, 0) is 40.3 Å². The van der Waals surface area contributed by atoms with Crippen LogP contribution >= 0.6 is 15.9 Å². The molecule has 2 saturated heterocycles. The Morgan fingerprint density at radius 1 is 1.40 bits per heavy atom. The SMILES string of the molecule is Cn1cc(Br)cc1C(=O)N1CCC2(CC1)CNC(=O)C2.